The summed E-state index contributed by atoms with van der Waals surface area (Å²) in [4.78, 5) is 0. The Morgan fingerprint density at radius 2 is 2.23 bits per heavy atom. The van der Waals surface area contributed by atoms with E-state index in [-0.39, 0.29) is 0 Å². The molecule has 2 aromatic rings. The van der Waals surface area contributed by atoms with E-state index in [2.05, 4.69) is 21.0 Å². The molecule has 0 aliphatic carbocycles. The highest BCUT2D eigenvalue weighted by atomic mass is 79.9. The minimum absolute atomic E-state index is 0.846. The number of nitrogens with zero attached hydrogens (tertiary/aromatic N) is 2. The first-order valence-electron chi connectivity index (χ1n) is 3.89. The molecule has 0 saturated heterocycles. The van der Waals surface area contributed by atoms with Crippen LogP contribution < -0.4 is 4.74 Å². The van der Waals surface area contributed by atoms with Gasteiger partial charge in [0, 0.05) is 12.4 Å². The minimum Gasteiger partial charge on any atom is -0.494 e. The van der Waals surface area contributed by atoms with Crippen molar-refractivity contribution in [3.05, 3.63) is 22.8 Å². The van der Waals surface area contributed by atoms with Gasteiger partial charge in [-0.25, -0.2) is 0 Å². The third-order valence-corrected chi connectivity index (χ3v) is 2.59. The van der Waals surface area contributed by atoms with Crippen molar-refractivity contribution in [2.75, 3.05) is 7.11 Å². The molecule has 0 radical (unpaired) electrons. The van der Waals surface area contributed by atoms with Gasteiger partial charge >= 0.3 is 0 Å². The number of benzene rings is 1. The lowest BCUT2D eigenvalue weighted by atomic mass is 10.2. The van der Waals surface area contributed by atoms with E-state index in [4.69, 9.17) is 4.74 Å². The lowest BCUT2D eigenvalue weighted by molar-refractivity contribution is 0.417. The Morgan fingerprint density at radius 3 is 2.92 bits per heavy atom. The van der Waals surface area contributed by atoms with Crippen molar-refractivity contribution in [3.8, 4) is 5.75 Å². The molecular formula is C9H9BrN2O. The molecule has 0 saturated carbocycles. The lowest BCUT2D eigenvalue weighted by Crippen LogP contribution is -1.92. The van der Waals surface area contributed by atoms with Gasteiger partial charge in [-0.1, -0.05) is 6.07 Å². The average molecular weight is 241 g/mol. The van der Waals surface area contributed by atoms with E-state index in [9.17, 15) is 0 Å². The van der Waals surface area contributed by atoms with Crippen LogP contribution in [0, 0.1) is 0 Å². The monoisotopic (exact) mass is 240 g/mol. The molecule has 0 N–H and O–H groups in total. The SMILES string of the molecule is COc1cccc2c(Br)nn(C)c12. The van der Waals surface area contributed by atoms with Gasteiger partial charge in [-0.05, 0) is 28.1 Å². The summed E-state index contributed by atoms with van der Waals surface area (Å²) in [6.07, 6.45) is 0. The molecular weight excluding hydrogens is 232 g/mol. The predicted octanol–water partition coefficient (Wildman–Crippen LogP) is 2.34. The fourth-order valence-corrected chi connectivity index (χ4v) is 1.98. The first-order valence-corrected chi connectivity index (χ1v) is 4.68. The normalized spacial score (nSPS) is 10.7. The highest BCUT2D eigenvalue weighted by Crippen LogP contribution is 2.29. The second kappa shape index (κ2) is 3.03. The van der Waals surface area contributed by atoms with Gasteiger partial charge in [0.25, 0.3) is 0 Å². The maximum absolute atomic E-state index is 5.24. The van der Waals surface area contributed by atoms with E-state index >= 15 is 0 Å². The summed E-state index contributed by atoms with van der Waals surface area (Å²) in [5, 5.41) is 5.32. The van der Waals surface area contributed by atoms with Crippen LogP contribution in [0.4, 0.5) is 0 Å². The molecule has 0 fully saturated rings. The Labute approximate surface area is 84.4 Å². The van der Waals surface area contributed by atoms with Crippen LogP contribution in [0.2, 0.25) is 0 Å². The number of hydrogen-bond donors (Lipinski definition) is 0. The fourth-order valence-electron chi connectivity index (χ4n) is 1.42. The summed E-state index contributed by atoms with van der Waals surface area (Å²) in [5.74, 6) is 0.846. The zero-order chi connectivity index (χ0) is 9.42. The summed E-state index contributed by atoms with van der Waals surface area (Å²) in [6.45, 7) is 0. The topological polar surface area (TPSA) is 27.1 Å². The molecule has 68 valence electrons. The first-order chi connectivity index (χ1) is 6.24. The summed E-state index contributed by atoms with van der Waals surface area (Å²) in [7, 11) is 3.56. The Morgan fingerprint density at radius 1 is 1.46 bits per heavy atom. The lowest BCUT2D eigenvalue weighted by Gasteiger charge is -2.01. The van der Waals surface area contributed by atoms with E-state index < -0.39 is 0 Å². The van der Waals surface area contributed by atoms with Crippen molar-refractivity contribution in [2.45, 2.75) is 0 Å². The van der Waals surface area contributed by atoms with Crippen molar-refractivity contribution < 1.29 is 4.74 Å². The van der Waals surface area contributed by atoms with E-state index in [0.717, 1.165) is 21.3 Å². The molecule has 0 bridgehead atoms. The zero-order valence-electron chi connectivity index (χ0n) is 7.41. The van der Waals surface area contributed by atoms with Crippen molar-refractivity contribution in [1.29, 1.82) is 0 Å². The maximum Gasteiger partial charge on any atom is 0.144 e. The molecule has 0 unspecified atom stereocenters. The van der Waals surface area contributed by atoms with Gasteiger partial charge in [0.2, 0.25) is 0 Å². The van der Waals surface area contributed by atoms with Crippen LogP contribution in [-0.4, -0.2) is 16.9 Å². The van der Waals surface area contributed by atoms with Crippen molar-refractivity contribution >= 4 is 26.8 Å². The fraction of sp³-hybridized carbons (Fsp3) is 0.222. The first kappa shape index (κ1) is 8.56. The summed E-state index contributed by atoms with van der Waals surface area (Å²) in [5.41, 5.74) is 1.01. The van der Waals surface area contributed by atoms with Gasteiger partial charge < -0.3 is 4.74 Å². The number of fused-ring (bicyclic) bond motifs is 1. The van der Waals surface area contributed by atoms with Crippen LogP contribution in [0.15, 0.2) is 22.8 Å². The van der Waals surface area contributed by atoms with Gasteiger partial charge in [-0.15, -0.1) is 0 Å². The van der Waals surface area contributed by atoms with E-state index in [0.29, 0.717) is 0 Å². The van der Waals surface area contributed by atoms with Crippen molar-refractivity contribution in [3.63, 3.8) is 0 Å². The number of ether oxygens (including phenoxy) is 1. The van der Waals surface area contributed by atoms with E-state index in [1.807, 2.05) is 25.2 Å². The number of halogens is 1. The minimum atomic E-state index is 0.846. The number of rotatable bonds is 1. The summed E-state index contributed by atoms with van der Waals surface area (Å²) >= 11 is 3.39. The molecule has 13 heavy (non-hydrogen) atoms. The molecule has 1 aromatic heterocycles. The molecule has 0 aliphatic heterocycles. The van der Waals surface area contributed by atoms with Crippen molar-refractivity contribution in [2.24, 2.45) is 7.05 Å². The molecule has 3 nitrogen and oxygen atoms in total. The molecule has 0 aliphatic rings. The number of aryl methyl sites for hydroxylation is 1. The summed E-state index contributed by atoms with van der Waals surface area (Å²) < 4.78 is 7.89. The third-order valence-electron chi connectivity index (χ3n) is 2.00. The highest BCUT2D eigenvalue weighted by molar-refractivity contribution is 9.10. The summed E-state index contributed by atoms with van der Waals surface area (Å²) in [6, 6.07) is 5.89. The van der Waals surface area contributed by atoms with Gasteiger partial charge in [-0.3, -0.25) is 4.68 Å². The molecule has 2 rings (SSSR count). The second-order valence-electron chi connectivity index (χ2n) is 2.77. The van der Waals surface area contributed by atoms with Crippen LogP contribution >= 0.6 is 15.9 Å². The van der Waals surface area contributed by atoms with Gasteiger partial charge in [0.05, 0.1) is 7.11 Å². The Hall–Kier alpha value is -1.03. The molecule has 0 spiro atoms. The molecule has 1 heterocycles. The average Bonchev–Trinajstić information content (AvgIpc) is 2.43. The van der Waals surface area contributed by atoms with Gasteiger partial charge in [0.15, 0.2) is 0 Å². The van der Waals surface area contributed by atoms with Crippen LogP contribution in [-0.2, 0) is 7.05 Å². The second-order valence-corrected chi connectivity index (χ2v) is 3.52. The molecule has 0 amide bonds. The third kappa shape index (κ3) is 1.21. The number of hydrogen-bond acceptors (Lipinski definition) is 2. The predicted molar refractivity (Wildman–Crippen MR) is 55.0 cm³/mol. The Bertz CT molecular complexity index is 450. The van der Waals surface area contributed by atoms with Crippen LogP contribution in [0.25, 0.3) is 10.9 Å². The number of methoxy groups -OCH3 is 1. The molecule has 0 atom stereocenters. The van der Waals surface area contributed by atoms with E-state index in [1.165, 1.54) is 0 Å². The van der Waals surface area contributed by atoms with Crippen molar-refractivity contribution in [1.82, 2.24) is 9.78 Å². The largest absolute Gasteiger partial charge is 0.494 e. The zero-order valence-corrected chi connectivity index (χ0v) is 9.00. The number of aromatic nitrogens is 2. The standard InChI is InChI=1S/C9H9BrN2O/c1-12-8-6(9(10)11-12)4-3-5-7(8)13-2/h3-5H,1-2H3. The maximum atomic E-state index is 5.24. The Balaban J connectivity index is 2.88. The Kier molecular flexibility index (Phi) is 2.00. The molecule has 4 heteroatoms. The molecule has 1 aromatic carbocycles. The van der Waals surface area contributed by atoms with Crippen LogP contribution in [0.3, 0.4) is 0 Å². The van der Waals surface area contributed by atoms with Crippen LogP contribution in [0.5, 0.6) is 5.75 Å². The quantitative estimate of drug-likeness (QED) is 0.766. The van der Waals surface area contributed by atoms with Gasteiger partial charge in [0.1, 0.15) is 15.9 Å². The smallest absolute Gasteiger partial charge is 0.144 e. The highest BCUT2D eigenvalue weighted by Gasteiger charge is 2.09. The number of para-hydroxylation sites is 1. The van der Waals surface area contributed by atoms with E-state index in [1.54, 1.807) is 11.8 Å². The van der Waals surface area contributed by atoms with Gasteiger partial charge in [-0.2, -0.15) is 5.10 Å². The van der Waals surface area contributed by atoms with Crippen LogP contribution in [0.1, 0.15) is 0 Å².